The van der Waals surface area contributed by atoms with Crippen molar-refractivity contribution in [3.63, 3.8) is 0 Å². The van der Waals surface area contributed by atoms with E-state index in [0.29, 0.717) is 39.7 Å². The minimum atomic E-state index is -0.119. The van der Waals surface area contributed by atoms with E-state index in [9.17, 15) is 9.90 Å². The van der Waals surface area contributed by atoms with Gasteiger partial charge in [0, 0.05) is 47.2 Å². The minimum Gasteiger partial charge on any atom is -0.506 e. The van der Waals surface area contributed by atoms with Crippen LogP contribution >= 0.6 is 39.1 Å². The summed E-state index contributed by atoms with van der Waals surface area (Å²) in [7, 11) is 1.47. The highest BCUT2D eigenvalue weighted by atomic mass is 79.9. The smallest absolute Gasteiger partial charge is 0.246 e. The van der Waals surface area contributed by atoms with E-state index in [4.69, 9.17) is 27.9 Å². The van der Waals surface area contributed by atoms with Crippen LogP contribution in [0.5, 0.6) is 11.5 Å². The van der Waals surface area contributed by atoms with Crippen LogP contribution < -0.4 is 10.1 Å². The Morgan fingerprint density at radius 2 is 2.18 bits per heavy atom. The summed E-state index contributed by atoms with van der Waals surface area (Å²) in [6, 6.07) is 7.01. The molecule has 2 aromatic carbocycles. The van der Waals surface area contributed by atoms with Gasteiger partial charge in [-0.2, -0.15) is 0 Å². The van der Waals surface area contributed by atoms with Crippen molar-refractivity contribution in [1.82, 2.24) is 14.9 Å². The van der Waals surface area contributed by atoms with Gasteiger partial charge >= 0.3 is 0 Å². The van der Waals surface area contributed by atoms with Gasteiger partial charge in [0.05, 0.1) is 22.7 Å². The van der Waals surface area contributed by atoms with Gasteiger partial charge in [-0.1, -0.05) is 51.8 Å². The predicted octanol–water partition coefficient (Wildman–Crippen LogP) is 5.28. The number of nitrogens with one attached hydrogen (secondary N) is 1. The first-order valence-corrected chi connectivity index (χ1v) is 12.0. The number of hydrogen-bond acceptors (Lipinski definition) is 6. The molecule has 7 nitrogen and oxygen atoms in total. The summed E-state index contributed by atoms with van der Waals surface area (Å²) >= 11 is 16.3. The van der Waals surface area contributed by atoms with Crippen molar-refractivity contribution in [3.05, 3.63) is 53.2 Å². The SMILES string of the molecule is C=CC(=O)N1C[C@@H](Nc2ncc3cc(-c4c(Cl)c(O)cc(OC)c4Cl)ccc3n2)C[C@H]1CBr. The number of methoxy groups -OCH3 is 1. The first-order chi connectivity index (χ1) is 15.9. The number of likely N-dealkylation sites (tertiary alicyclic amines) is 1. The van der Waals surface area contributed by atoms with Crippen molar-refractivity contribution in [1.29, 1.82) is 0 Å². The van der Waals surface area contributed by atoms with Gasteiger partial charge < -0.3 is 20.1 Å². The number of phenolic OH excluding ortho intramolecular Hbond substituents is 1. The molecule has 2 atom stereocenters. The average Bonchev–Trinajstić information content (AvgIpc) is 3.23. The quantitative estimate of drug-likeness (QED) is 0.320. The third kappa shape index (κ3) is 4.60. The molecule has 0 spiro atoms. The molecule has 4 rings (SSSR count). The first-order valence-electron chi connectivity index (χ1n) is 10.1. The number of phenols is 1. The van der Waals surface area contributed by atoms with E-state index < -0.39 is 0 Å². The third-order valence-corrected chi connectivity index (χ3v) is 7.13. The molecular weight excluding hydrogens is 531 g/mol. The van der Waals surface area contributed by atoms with E-state index in [-0.39, 0.29) is 28.8 Å². The number of amides is 1. The number of aromatic nitrogens is 2. The lowest BCUT2D eigenvalue weighted by Crippen LogP contribution is -2.36. The predicted molar refractivity (Wildman–Crippen MR) is 135 cm³/mol. The second-order valence-electron chi connectivity index (χ2n) is 7.65. The van der Waals surface area contributed by atoms with Crippen LogP contribution in [0.4, 0.5) is 5.95 Å². The maximum atomic E-state index is 12.1. The first kappa shape index (κ1) is 23.6. The number of anilines is 1. The number of carbonyl (C=O) groups is 1. The van der Waals surface area contributed by atoms with E-state index >= 15 is 0 Å². The zero-order valence-electron chi connectivity index (χ0n) is 17.7. The number of fused-ring (bicyclic) bond motifs is 1. The summed E-state index contributed by atoms with van der Waals surface area (Å²) < 4.78 is 5.24. The second kappa shape index (κ2) is 9.75. The Balaban J connectivity index is 1.60. The highest BCUT2D eigenvalue weighted by molar-refractivity contribution is 9.09. The third-order valence-electron chi connectivity index (χ3n) is 5.62. The molecule has 3 aromatic rings. The Morgan fingerprint density at radius 3 is 2.88 bits per heavy atom. The Labute approximate surface area is 209 Å². The van der Waals surface area contributed by atoms with Crippen molar-refractivity contribution in [3.8, 4) is 22.6 Å². The van der Waals surface area contributed by atoms with Gasteiger partial charge in [0.1, 0.15) is 11.5 Å². The fourth-order valence-corrected chi connectivity index (χ4v) is 5.25. The van der Waals surface area contributed by atoms with Crippen LogP contribution in [-0.2, 0) is 4.79 Å². The van der Waals surface area contributed by atoms with Gasteiger partial charge in [0.15, 0.2) is 0 Å². The number of carbonyl (C=O) groups excluding carboxylic acids is 1. The zero-order valence-corrected chi connectivity index (χ0v) is 20.8. The highest BCUT2D eigenvalue weighted by Crippen LogP contribution is 2.45. The minimum absolute atomic E-state index is 0.0329. The average molecular weight is 552 g/mol. The Bertz CT molecular complexity index is 1240. The van der Waals surface area contributed by atoms with E-state index in [2.05, 4.69) is 37.8 Å². The van der Waals surface area contributed by atoms with E-state index in [1.54, 1.807) is 11.1 Å². The van der Waals surface area contributed by atoms with Gasteiger partial charge in [-0.05, 0) is 30.2 Å². The summed E-state index contributed by atoms with van der Waals surface area (Å²) in [5, 5.41) is 15.4. The van der Waals surface area contributed by atoms with Gasteiger partial charge in [0.25, 0.3) is 0 Å². The molecule has 0 aliphatic carbocycles. The van der Waals surface area contributed by atoms with E-state index in [1.165, 1.54) is 19.3 Å². The second-order valence-corrected chi connectivity index (χ2v) is 9.05. The van der Waals surface area contributed by atoms with Gasteiger partial charge in [-0.3, -0.25) is 4.79 Å². The normalized spacial score (nSPS) is 17.9. The molecule has 1 aliphatic rings. The molecular formula is C23H21BrCl2N4O3. The van der Waals surface area contributed by atoms with Gasteiger partial charge in [-0.25, -0.2) is 9.97 Å². The van der Waals surface area contributed by atoms with Crippen molar-refractivity contribution >= 4 is 61.9 Å². The van der Waals surface area contributed by atoms with Gasteiger partial charge in [0.2, 0.25) is 11.9 Å². The monoisotopic (exact) mass is 550 g/mol. The molecule has 0 unspecified atom stereocenters. The maximum Gasteiger partial charge on any atom is 0.246 e. The number of rotatable bonds is 6. The molecule has 1 saturated heterocycles. The van der Waals surface area contributed by atoms with Crippen LogP contribution in [0.1, 0.15) is 6.42 Å². The number of hydrogen-bond donors (Lipinski definition) is 2. The van der Waals surface area contributed by atoms with Crippen LogP contribution in [0.15, 0.2) is 43.1 Å². The summed E-state index contributed by atoms with van der Waals surface area (Å²) in [5.41, 5.74) is 1.90. The number of nitrogens with zero attached hydrogens (tertiary/aromatic N) is 3. The van der Waals surface area contributed by atoms with E-state index in [1.807, 2.05) is 18.2 Å². The molecule has 0 bridgehead atoms. The Kier molecular flexibility index (Phi) is 6.97. The fourth-order valence-electron chi connectivity index (χ4n) is 4.00. The molecule has 1 aliphatic heterocycles. The number of alkyl halides is 1. The zero-order chi connectivity index (χ0) is 23.7. The lowest BCUT2D eigenvalue weighted by molar-refractivity contribution is -0.126. The molecule has 1 aromatic heterocycles. The van der Waals surface area contributed by atoms with Crippen molar-refractivity contribution in [2.45, 2.75) is 18.5 Å². The molecule has 0 saturated carbocycles. The van der Waals surface area contributed by atoms with Crippen molar-refractivity contribution in [2.75, 3.05) is 24.3 Å². The van der Waals surface area contributed by atoms with Crippen LogP contribution in [0.3, 0.4) is 0 Å². The number of aromatic hydroxyl groups is 1. The lowest BCUT2D eigenvalue weighted by Gasteiger charge is -2.20. The standard InChI is InChI=1S/C23H21BrCl2N4O3/c1-3-19(32)30-11-14(7-15(30)9-24)28-23-27-10-13-6-12(4-5-16(13)29-23)20-21(25)17(31)8-18(33-2)22(20)26/h3-6,8,10,14-15,31H,1,7,9,11H2,2H3,(H,27,28,29)/t14-,15-/m0/s1. The summed E-state index contributed by atoms with van der Waals surface area (Å²) in [4.78, 5) is 23.0. The Morgan fingerprint density at radius 1 is 1.39 bits per heavy atom. The number of benzene rings is 2. The lowest BCUT2D eigenvalue weighted by atomic mass is 10.0. The molecule has 2 N–H and O–H groups in total. The molecule has 2 heterocycles. The molecule has 1 amide bonds. The van der Waals surface area contributed by atoms with Crippen molar-refractivity contribution in [2.24, 2.45) is 0 Å². The number of ether oxygens (including phenoxy) is 1. The highest BCUT2D eigenvalue weighted by Gasteiger charge is 2.33. The van der Waals surface area contributed by atoms with Crippen LogP contribution in [0.25, 0.3) is 22.0 Å². The molecule has 0 radical (unpaired) electrons. The topological polar surface area (TPSA) is 87.6 Å². The molecule has 172 valence electrons. The summed E-state index contributed by atoms with van der Waals surface area (Å²) in [6.07, 6.45) is 3.82. The van der Waals surface area contributed by atoms with Crippen molar-refractivity contribution < 1.29 is 14.6 Å². The summed E-state index contributed by atoms with van der Waals surface area (Å²) in [5.74, 6) is 0.603. The largest absolute Gasteiger partial charge is 0.506 e. The van der Waals surface area contributed by atoms with Crippen LogP contribution in [-0.4, -0.2) is 56.9 Å². The molecule has 1 fully saturated rings. The van der Waals surface area contributed by atoms with E-state index in [0.717, 1.165) is 17.3 Å². The van der Waals surface area contributed by atoms with Crippen LogP contribution in [0.2, 0.25) is 10.0 Å². The molecule has 33 heavy (non-hydrogen) atoms. The Hall–Kier alpha value is -2.55. The number of halogens is 3. The summed E-state index contributed by atoms with van der Waals surface area (Å²) in [6.45, 7) is 4.14. The maximum absolute atomic E-state index is 12.1. The fraction of sp³-hybridized carbons (Fsp3) is 0.261. The molecule has 10 heteroatoms. The van der Waals surface area contributed by atoms with Gasteiger partial charge in [-0.15, -0.1) is 0 Å². The van der Waals surface area contributed by atoms with Crippen LogP contribution in [0, 0.1) is 0 Å².